The number of rotatable bonds is 10. The number of carbonyl (C=O) groups is 3. The number of carbonyl (C=O) groups excluding carboxylic acids is 3. The molecule has 62 heavy (non-hydrogen) atoms. The van der Waals surface area contributed by atoms with Gasteiger partial charge >= 0.3 is 17.8 Å². The number of piperidine rings is 1. The van der Waals surface area contributed by atoms with E-state index in [0.29, 0.717) is 31.3 Å². The van der Waals surface area contributed by atoms with Crippen molar-refractivity contribution < 1.29 is 18.9 Å². The zero-order valence-corrected chi connectivity index (χ0v) is 35.8. The smallest absolute Gasteiger partial charge is 0.328 e. The average molecular weight is 836 g/mol. The van der Waals surface area contributed by atoms with Crippen molar-refractivity contribution in [2.75, 3.05) is 67.1 Å². The Balaban J connectivity index is 0.759. The number of hydrogen-bond donors (Lipinski definition) is 3. The van der Waals surface area contributed by atoms with Crippen LogP contribution in [0.4, 0.5) is 21.9 Å². The lowest BCUT2D eigenvalue weighted by atomic mass is 9.95. The summed E-state index contributed by atoms with van der Waals surface area (Å²) < 4.78 is 5.20. The van der Waals surface area contributed by atoms with Crippen LogP contribution in [0.2, 0.25) is 0 Å². The monoisotopic (exact) mass is 835 g/mol. The molecule has 0 unspecified atom stereocenters. The summed E-state index contributed by atoms with van der Waals surface area (Å²) in [5.41, 5.74) is 9.58. The van der Waals surface area contributed by atoms with Gasteiger partial charge in [-0.25, -0.2) is 14.8 Å². The Labute approximate surface area is 360 Å². The first kappa shape index (κ1) is 40.8. The van der Waals surface area contributed by atoms with Crippen LogP contribution in [0.3, 0.4) is 0 Å². The molecule has 6 heterocycles. The summed E-state index contributed by atoms with van der Waals surface area (Å²) in [7, 11) is 0. The summed E-state index contributed by atoms with van der Waals surface area (Å²) in [6.07, 6.45) is 4.24. The quantitative estimate of drug-likeness (QED) is 0.134. The Morgan fingerprint density at radius 3 is 2.18 bits per heavy atom. The summed E-state index contributed by atoms with van der Waals surface area (Å²) in [5.74, 6) is 0.509. The van der Waals surface area contributed by atoms with Gasteiger partial charge in [-0.3, -0.25) is 24.7 Å². The molecular formula is C47H53N11O4. The van der Waals surface area contributed by atoms with Crippen molar-refractivity contribution in [3.63, 3.8) is 0 Å². The van der Waals surface area contributed by atoms with Gasteiger partial charge < -0.3 is 24.6 Å². The number of anilines is 3. The Hall–Kier alpha value is -6.61. The second-order valence-electron chi connectivity index (χ2n) is 17.7. The molecule has 0 bridgehead atoms. The highest BCUT2D eigenvalue weighted by molar-refractivity contribution is 6.05. The molecule has 320 valence electrons. The molecule has 3 saturated heterocycles. The summed E-state index contributed by atoms with van der Waals surface area (Å²) in [4.78, 5) is 62.7. The van der Waals surface area contributed by atoms with Gasteiger partial charge in [-0.05, 0) is 90.9 Å². The van der Waals surface area contributed by atoms with E-state index >= 15 is 0 Å². The third kappa shape index (κ3) is 8.75. The fourth-order valence-corrected chi connectivity index (χ4v) is 8.67. The van der Waals surface area contributed by atoms with E-state index in [9.17, 15) is 14.4 Å². The number of urea groups is 1. The van der Waals surface area contributed by atoms with Crippen LogP contribution in [0, 0.1) is 12.8 Å². The van der Waals surface area contributed by atoms with E-state index in [0.717, 1.165) is 109 Å². The third-order valence-corrected chi connectivity index (χ3v) is 12.4. The Morgan fingerprint density at radius 2 is 1.50 bits per heavy atom. The minimum absolute atomic E-state index is 0.0425. The highest BCUT2D eigenvalue weighted by Crippen LogP contribution is 2.33. The number of imide groups is 1. The molecule has 15 nitrogen and oxygen atoms in total. The zero-order valence-electron chi connectivity index (χ0n) is 35.8. The third-order valence-electron chi connectivity index (χ3n) is 12.4. The van der Waals surface area contributed by atoms with Crippen LogP contribution in [-0.2, 0) is 16.8 Å². The lowest BCUT2D eigenvalue weighted by Gasteiger charge is -2.40. The van der Waals surface area contributed by atoms with Gasteiger partial charge in [-0.15, -0.1) is 0 Å². The molecule has 3 aromatic carbocycles. The molecule has 0 saturated carbocycles. The van der Waals surface area contributed by atoms with Crippen molar-refractivity contribution in [3.8, 4) is 22.5 Å². The van der Waals surface area contributed by atoms with Gasteiger partial charge in [0.25, 0.3) is 0 Å². The topological polar surface area (TPSA) is 169 Å². The van der Waals surface area contributed by atoms with Crippen molar-refractivity contribution in [2.45, 2.75) is 58.9 Å². The molecule has 4 amide bonds. The van der Waals surface area contributed by atoms with E-state index in [-0.39, 0.29) is 23.2 Å². The molecule has 0 atom stereocenters. The van der Waals surface area contributed by atoms with E-state index in [1.54, 1.807) is 11.2 Å². The van der Waals surface area contributed by atoms with E-state index in [2.05, 4.69) is 99.0 Å². The number of fused-ring (bicyclic) bond motifs is 1. The summed E-state index contributed by atoms with van der Waals surface area (Å²) >= 11 is 0. The van der Waals surface area contributed by atoms with Crippen LogP contribution in [-0.4, -0.2) is 100 Å². The van der Waals surface area contributed by atoms with E-state index < -0.39 is 5.91 Å². The van der Waals surface area contributed by atoms with Gasteiger partial charge in [0.2, 0.25) is 5.91 Å². The van der Waals surface area contributed by atoms with Crippen molar-refractivity contribution >= 4 is 45.9 Å². The normalized spacial score (nSPS) is 16.9. The van der Waals surface area contributed by atoms with E-state index in [1.807, 2.05) is 52.0 Å². The molecule has 15 heteroatoms. The second-order valence-corrected chi connectivity index (χ2v) is 17.7. The minimum atomic E-state index is -0.404. The number of hydrogen-bond acceptors (Lipinski definition) is 11. The lowest BCUT2D eigenvalue weighted by molar-refractivity contribution is -0.120. The molecule has 0 spiro atoms. The van der Waals surface area contributed by atoms with Crippen LogP contribution >= 0.6 is 0 Å². The summed E-state index contributed by atoms with van der Waals surface area (Å²) in [6, 6.07) is 24.8. The number of aromatic nitrogens is 5. The maximum Gasteiger partial charge on any atom is 0.328 e. The Morgan fingerprint density at radius 1 is 0.823 bits per heavy atom. The van der Waals surface area contributed by atoms with Crippen molar-refractivity contribution in [1.29, 1.82) is 0 Å². The van der Waals surface area contributed by atoms with Crippen LogP contribution < -0.4 is 25.3 Å². The van der Waals surface area contributed by atoms with Crippen LogP contribution in [0.5, 0.6) is 0 Å². The van der Waals surface area contributed by atoms with Crippen LogP contribution in [0.1, 0.15) is 67.7 Å². The first-order chi connectivity index (χ1) is 29.9. The van der Waals surface area contributed by atoms with E-state index in [4.69, 9.17) is 4.52 Å². The summed E-state index contributed by atoms with van der Waals surface area (Å²) in [6.45, 7) is 16.0. The van der Waals surface area contributed by atoms with Gasteiger partial charge in [0.15, 0.2) is 5.82 Å². The molecule has 3 aromatic heterocycles. The predicted molar refractivity (Wildman–Crippen MR) is 239 cm³/mol. The second kappa shape index (κ2) is 17.0. The predicted octanol–water partition coefficient (Wildman–Crippen LogP) is 6.70. The summed E-state index contributed by atoms with van der Waals surface area (Å²) in [5, 5.41) is 10.2. The minimum Gasteiger partial charge on any atom is -0.372 e. The standard InChI is InChI=1S/C47H53N11O4/c1-30-25-33(5-6-34(30)27-48-43(60)44-53-45(54-62-44)47(2,3)4)41-38-26-39(51-42(38)50-29-49-41)32-7-9-35(10-8-32)57-23-21-55(22-24-57)28-31-15-18-56(19-16-31)36-11-13-37(14-12-36)58-20-17-40(59)52-46(58)61/h5-14,25-26,29,31H,15-24,27-28H2,1-4H3,(H,48,60)(H,49,50,51)(H,52,59,61). The molecule has 3 aliphatic rings. The molecule has 0 aliphatic carbocycles. The van der Waals surface area contributed by atoms with E-state index in [1.165, 1.54) is 11.4 Å². The SMILES string of the molecule is Cc1cc(-c2ncnc3[nH]c(-c4ccc(N5CCN(CC6CCN(c7ccc(N8CCC(=O)NC8=O)cc7)CC6)CC5)cc4)cc23)ccc1CNC(=O)c1nc(C(C)(C)C)no1. The fraction of sp³-hybridized carbons (Fsp3) is 0.383. The number of piperazine rings is 1. The maximum atomic E-state index is 12.7. The fourth-order valence-electron chi connectivity index (χ4n) is 8.67. The first-order valence-electron chi connectivity index (χ1n) is 21.6. The van der Waals surface area contributed by atoms with Gasteiger partial charge in [0.05, 0.1) is 5.69 Å². The van der Waals surface area contributed by atoms with Crippen molar-refractivity contribution in [2.24, 2.45) is 5.92 Å². The van der Waals surface area contributed by atoms with Crippen molar-refractivity contribution in [1.82, 2.24) is 40.6 Å². The number of aromatic amines is 1. The van der Waals surface area contributed by atoms with Gasteiger partial charge in [-0.1, -0.05) is 50.2 Å². The highest BCUT2D eigenvalue weighted by atomic mass is 16.5. The molecule has 3 aliphatic heterocycles. The Bertz CT molecular complexity index is 2580. The maximum absolute atomic E-state index is 12.7. The van der Waals surface area contributed by atoms with Crippen molar-refractivity contribution in [3.05, 3.63) is 102 Å². The lowest BCUT2D eigenvalue weighted by Crippen LogP contribution is -2.49. The Kier molecular flexibility index (Phi) is 11.2. The molecule has 0 radical (unpaired) electrons. The zero-order chi connectivity index (χ0) is 43.0. The van der Waals surface area contributed by atoms with Crippen LogP contribution in [0.15, 0.2) is 83.6 Å². The number of H-pyrrole nitrogens is 1. The molecular weight excluding hydrogens is 783 g/mol. The molecule has 3 fully saturated rings. The molecule has 9 rings (SSSR count). The van der Waals surface area contributed by atoms with Gasteiger partial charge in [0.1, 0.15) is 12.0 Å². The van der Waals surface area contributed by atoms with Gasteiger partial charge in [0, 0.05) is 104 Å². The number of nitrogens with zero attached hydrogens (tertiary/aromatic N) is 8. The largest absolute Gasteiger partial charge is 0.372 e. The average Bonchev–Trinajstić information content (AvgIpc) is 3.96. The molecule has 6 aromatic rings. The molecule has 3 N–H and O–H groups in total. The van der Waals surface area contributed by atoms with Crippen LogP contribution in [0.25, 0.3) is 33.5 Å². The number of benzene rings is 3. The first-order valence-corrected chi connectivity index (χ1v) is 21.6. The number of aryl methyl sites for hydroxylation is 1. The van der Waals surface area contributed by atoms with Gasteiger partial charge in [-0.2, -0.15) is 4.98 Å². The highest BCUT2D eigenvalue weighted by Gasteiger charge is 2.27. The number of amides is 4. The number of nitrogens with one attached hydrogen (secondary N) is 3.